The Labute approximate surface area is 112 Å². The third-order valence-electron chi connectivity index (χ3n) is 2.99. The largest absolute Gasteiger partial charge is 0.464 e. The molecule has 1 aromatic carbocycles. The Morgan fingerprint density at radius 1 is 1.00 bits per heavy atom. The third kappa shape index (κ3) is 2.81. The van der Waals surface area contributed by atoms with E-state index in [1.54, 1.807) is 0 Å². The van der Waals surface area contributed by atoms with E-state index in [-0.39, 0.29) is 12.0 Å². The van der Waals surface area contributed by atoms with E-state index in [1.807, 2.05) is 13.8 Å². The third-order valence-corrected chi connectivity index (χ3v) is 2.99. The lowest BCUT2D eigenvalue weighted by Crippen LogP contribution is -2.05. The summed E-state index contributed by atoms with van der Waals surface area (Å²) >= 11 is 0. The number of hydrogen-bond donors (Lipinski definition) is 1. The standard InChI is InChI=1S/C14H18N4O/c1-5-19-14-17-12(16-13(15)18-14)11-7-9(3)8(2)6-10(11)4/h6-7H,5H2,1-4H3,(H2,15,16,17,18). The molecule has 0 saturated heterocycles. The predicted octanol–water partition coefficient (Wildman–Crippen LogP) is 2.44. The van der Waals surface area contributed by atoms with Crippen LogP contribution < -0.4 is 10.5 Å². The van der Waals surface area contributed by atoms with E-state index in [0.717, 1.165) is 11.1 Å². The number of benzene rings is 1. The van der Waals surface area contributed by atoms with Crippen molar-refractivity contribution in [3.05, 3.63) is 28.8 Å². The molecule has 0 aliphatic heterocycles. The summed E-state index contributed by atoms with van der Waals surface area (Å²) < 4.78 is 5.30. The summed E-state index contributed by atoms with van der Waals surface area (Å²) in [6.07, 6.45) is 0. The first-order chi connectivity index (χ1) is 9.01. The van der Waals surface area contributed by atoms with Crippen LogP contribution in [0.15, 0.2) is 12.1 Å². The van der Waals surface area contributed by atoms with Crippen molar-refractivity contribution in [1.82, 2.24) is 15.0 Å². The van der Waals surface area contributed by atoms with Gasteiger partial charge in [0.05, 0.1) is 6.61 Å². The summed E-state index contributed by atoms with van der Waals surface area (Å²) in [7, 11) is 0. The summed E-state index contributed by atoms with van der Waals surface area (Å²) in [5, 5.41) is 0. The maximum Gasteiger partial charge on any atom is 0.321 e. The molecule has 2 N–H and O–H groups in total. The fraction of sp³-hybridized carbons (Fsp3) is 0.357. The first kappa shape index (κ1) is 13.3. The molecule has 19 heavy (non-hydrogen) atoms. The molecule has 0 radical (unpaired) electrons. The smallest absolute Gasteiger partial charge is 0.321 e. The SMILES string of the molecule is CCOc1nc(N)nc(-c2cc(C)c(C)cc2C)n1. The number of aromatic nitrogens is 3. The fourth-order valence-electron chi connectivity index (χ4n) is 1.89. The van der Waals surface area contributed by atoms with E-state index in [2.05, 4.69) is 40.9 Å². The molecule has 5 heteroatoms. The first-order valence-corrected chi connectivity index (χ1v) is 6.23. The average molecular weight is 258 g/mol. The zero-order valence-corrected chi connectivity index (χ0v) is 11.7. The Hall–Kier alpha value is -2.17. The number of nitrogen functional groups attached to an aromatic ring is 1. The van der Waals surface area contributed by atoms with E-state index in [9.17, 15) is 0 Å². The van der Waals surface area contributed by atoms with Crippen molar-refractivity contribution >= 4 is 5.95 Å². The molecule has 0 spiro atoms. The predicted molar refractivity (Wildman–Crippen MR) is 75.1 cm³/mol. The van der Waals surface area contributed by atoms with Gasteiger partial charge in [-0.15, -0.1) is 0 Å². The normalized spacial score (nSPS) is 10.5. The highest BCUT2D eigenvalue weighted by molar-refractivity contribution is 5.63. The molecule has 0 aliphatic rings. The van der Waals surface area contributed by atoms with Gasteiger partial charge in [-0.05, 0) is 50.5 Å². The molecule has 0 amide bonds. The lowest BCUT2D eigenvalue weighted by molar-refractivity contribution is 0.312. The number of nitrogens with two attached hydrogens (primary N) is 1. The molecule has 0 unspecified atom stereocenters. The summed E-state index contributed by atoms with van der Waals surface area (Å²) in [5.41, 5.74) is 10.2. The van der Waals surface area contributed by atoms with Crippen LogP contribution >= 0.6 is 0 Å². The summed E-state index contributed by atoms with van der Waals surface area (Å²) in [6, 6.07) is 4.45. The van der Waals surface area contributed by atoms with Crippen LogP contribution in [0.25, 0.3) is 11.4 Å². The number of hydrogen-bond acceptors (Lipinski definition) is 5. The van der Waals surface area contributed by atoms with Gasteiger partial charge >= 0.3 is 6.01 Å². The Balaban J connectivity index is 2.55. The van der Waals surface area contributed by atoms with Crippen LogP contribution in [0.5, 0.6) is 6.01 Å². The maximum absolute atomic E-state index is 5.70. The van der Waals surface area contributed by atoms with Gasteiger partial charge in [-0.25, -0.2) is 0 Å². The molecule has 0 atom stereocenters. The fourth-order valence-corrected chi connectivity index (χ4v) is 1.89. The second-order valence-electron chi connectivity index (χ2n) is 4.48. The number of ether oxygens (including phenoxy) is 1. The van der Waals surface area contributed by atoms with Crippen molar-refractivity contribution in [3.63, 3.8) is 0 Å². The van der Waals surface area contributed by atoms with Gasteiger partial charge in [-0.3, -0.25) is 0 Å². The van der Waals surface area contributed by atoms with Crippen LogP contribution in [0.4, 0.5) is 5.95 Å². The molecule has 2 rings (SSSR count). The van der Waals surface area contributed by atoms with E-state index in [1.165, 1.54) is 11.1 Å². The minimum atomic E-state index is 0.172. The molecule has 100 valence electrons. The van der Waals surface area contributed by atoms with E-state index < -0.39 is 0 Å². The molecule has 0 aliphatic carbocycles. The second kappa shape index (κ2) is 5.22. The number of nitrogens with zero attached hydrogens (tertiary/aromatic N) is 3. The lowest BCUT2D eigenvalue weighted by atomic mass is 10.0. The Morgan fingerprint density at radius 2 is 1.68 bits per heavy atom. The molecule has 5 nitrogen and oxygen atoms in total. The zero-order valence-electron chi connectivity index (χ0n) is 11.7. The van der Waals surface area contributed by atoms with Gasteiger partial charge in [-0.1, -0.05) is 6.07 Å². The maximum atomic E-state index is 5.70. The topological polar surface area (TPSA) is 73.9 Å². The van der Waals surface area contributed by atoms with E-state index in [4.69, 9.17) is 10.5 Å². The Morgan fingerprint density at radius 3 is 2.37 bits per heavy atom. The van der Waals surface area contributed by atoms with Gasteiger partial charge in [0.2, 0.25) is 5.95 Å². The molecule has 1 heterocycles. The Bertz CT molecular complexity index is 611. The highest BCUT2D eigenvalue weighted by atomic mass is 16.5. The minimum absolute atomic E-state index is 0.172. The van der Waals surface area contributed by atoms with Gasteiger partial charge < -0.3 is 10.5 Å². The monoisotopic (exact) mass is 258 g/mol. The van der Waals surface area contributed by atoms with Crippen LogP contribution in [0.3, 0.4) is 0 Å². The first-order valence-electron chi connectivity index (χ1n) is 6.23. The van der Waals surface area contributed by atoms with Gasteiger partial charge in [-0.2, -0.15) is 15.0 Å². The molecule has 1 aromatic heterocycles. The van der Waals surface area contributed by atoms with Crippen LogP contribution in [-0.4, -0.2) is 21.6 Å². The lowest BCUT2D eigenvalue weighted by Gasteiger charge is -2.10. The second-order valence-corrected chi connectivity index (χ2v) is 4.48. The van der Waals surface area contributed by atoms with Crippen LogP contribution in [0, 0.1) is 20.8 Å². The molecule has 0 bridgehead atoms. The number of rotatable bonds is 3. The van der Waals surface area contributed by atoms with Gasteiger partial charge in [0.25, 0.3) is 0 Å². The minimum Gasteiger partial charge on any atom is -0.464 e. The highest BCUT2D eigenvalue weighted by Gasteiger charge is 2.11. The quantitative estimate of drug-likeness (QED) is 0.915. The van der Waals surface area contributed by atoms with Crippen molar-refractivity contribution in [3.8, 4) is 17.4 Å². The van der Waals surface area contributed by atoms with Gasteiger partial charge in [0.15, 0.2) is 5.82 Å². The molecule has 0 fully saturated rings. The van der Waals surface area contributed by atoms with Crippen LogP contribution in [0.1, 0.15) is 23.6 Å². The summed E-state index contributed by atoms with van der Waals surface area (Å²) in [6.45, 7) is 8.55. The van der Waals surface area contributed by atoms with Crippen molar-refractivity contribution in [2.24, 2.45) is 0 Å². The van der Waals surface area contributed by atoms with E-state index in [0.29, 0.717) is 12.4 Å². The average Bonchev–Trinajstić information content (AvgIpc) is 2.33. The van der Waals surface area contributed by atoms with Crippen LogP contribution in [-0.2, 0) is 0 Å². The van der Waals surface area contributed by atoms with Crippen molar-refractivity contribution in [1.29, 1.82) is 0 Å². The Kier molecular flexibility index (Phi) is 3.64. The molecular formula is C14H18N4O. The van der Waals surface area contributed by atoms with Gasteiger partial charge in [0, 0.05) is 5.56 Å². The van der Waals surface area contributed by atoms with Gasteiger partial charge in [0.1, 0.15) is 0 Å². The number of anilines is 1. The molecular weight excluding hydrogens is 240 g/mol. The highest BCUT2D eigenvalue weighted by Crippen LogP contribution is 2.25. The molecule has 0 saturated carbocycles. The van der Waals surface area contributed by atoms with Crippen molar-refractivity contribution in [2.45, 2.75) is 27.7 Å². The number of aryl methyl sites for hydroxylation is 3. The van der Waals surface area contributed by atoms with Crippen molar-refractivity contribution < 1.29 is 4.74 Å². The van der Waals surface area contributed by atoms with Crippen molar-refractivity contribution in [2.75, 3.05) is 12.3 Å². The van der Waals surface area contributed by atoms with Crippen LogP contribution in [0.2, 0.25) is 0 Å². The summed E-state index contributed by atoms with van der Waals surface area (Å²) in [5.74, 6) is 0.725. The zero-order chi connectivity index (χ0) is 14.0. The summed E-state index contributed by atoms with van der Waals surface area (Å²) in [4.78, 5) is 12.4. The molecule has 2 aromatic rings. The van der Waals surface area contributed by atoms with E-state index >= 15 is 0 Å².